The molecule has 1 unspecified atom stereocenters. The summed E-state index contributed by atoms with van der Waals surface area (Å²) in [7, 11) is 1.52. The predicted octanol–water partition coefficient (Wildman–Crippen LogP) is 5.45. The Bertz CT molecular complexity index is 1290. The van der Waals surface area contributed by atoms with Crippen LogP contribution in [0.4, 0.5) is 0 Å². The molecule has 1 aromatic heterocycles. The molecule has 6 nitrogen and oxygen atoms in total. The summed E-state index contributed by atoms with van der Waals surface area (Å²) >= 11 is 0. The predicted molar refractivity (Wildman–Crippen MR) is 135 cm³/mol. The van der Waals surface area contributed by atoms with E-state index < -0.39 is 17.7 Å². The highest BCUT2D eigenvalue weighted by Crippen LogP contribution is 2.42. The molecule has 180 valence electrons. The number of hydrogen-bond acceptors (Lipinski definition) is 5. The van der Waals surface area contributed by atoms with Gasteiger partial charge in [0.15, 0.2) is 0 Å². The van der Waals surface area contributed by atoms with E-state index in [0.717, 1.165) is 22.3 Å². The van der Waals surface area contributed by atoms with E-state index in [9.17, 15) is 14.7 Å². The number of aryl methyl sites for hydroxylation is 2. The summed E-state index contributed by atoms with van der Waals surface area (Å²) in [4.78, 5) is 32.5. The van der Waals surface area contributed by atoms with Crippen LogP contribution < -0.4 is 4.74 Å². The molecule has 4 rings (SSSR count). The summed E-state index contributed by atoms with van der Waals surface area (Å²) in [6, 6.07) is 16.2. The smallest absolute Gasteiger partial charge is 0.296 e. The van der Waals surface area contributed by atoms with Gasteiger partial charge in [-0.3, -0.25) is 14.6 Å². The van der Waals surface area contributed by atoms with Crippen LogP contribution in [0.2, 0.25) is 0 Å². The van der Waals surface area contributed by atoms with E-state index in [0.29, 0.717) is 22.9 Å². The molecule has 2 heterocycles. The lowest BCUT2D eigenvalue weighted by Gasteiger charge is -2.25. The second kappa shape index (κ2) is 9.74. The van der Waals surface area contributed by atoms with Gasteiger partial charge in [-0.2, -0.15) is 0 Å². The first-order valence-electron chi connectivity index (χ1n) is 11.7. The summed E-state index contributed by atoms with van der Waals surface area (Å²) in [6.45, 7) is 8.14. The molecule has 1 aliphatic heterocycles. The number of aliphatic hydroxyl groups is 1. The van der Waals surface area contributed by atoms with Gasteiger partial charge in [0.05, 0.1) is 36.5 Å². The maximum atomic E-state index is 13.4. The van der Waals surface area contributed by atoms with Gasteiger partial charge < -0.3 is 14.7 Å². The van der Waals surface area contributed by atoms with Crippen LogP contribution in [0.3, 0.4) is 0 Å². The third-order valence-electron chi connectivity index (χ3n) is 6.40. The van der Waals surface area contributed by atoms with Gasteiger partial charge in [0.25, 0.3) is 11.7 Å². The zero-order valence-electron chi connectivity index (χ0n) is 20.7. The van der Waals surface area contributed by atoms with Crippen molar-refractivity contribution < 1.29 is 19.4 Å². The molecule has 1 saturated heterocycles. The molecule has 35 heavy (non-hydrogen) atoms. The number of likely N-dealkylation sites (tertiary alicyclic amines) is 1. The third kappa shape index (κ3) is 4.56. The van der Waals surface area contributed by atoms with E-state index in [1.165, 1.54) is 12.0 Å². The molecule has 1 amide bonds. The van der Waals surface area contributed by atoms with Crippen LogP contribution in [0.15, 0.2) is 66.4 Å². The average Bonchev–Trinajstić information content (AvgIpc) is 3.08. The molecule has 6 heteroatoms. The Balaban J connectivity index is 1.92. The number of pyridine rings is 1. The number of Topliss-reactive ketones (excluding diaryl/α,β-unsaturated/α-hetero) is 1. The number of aromatic nitrogens is 1. The zero-order chi connectivity index (χ0) is 25.3. The van der Waals surface area contributed by atoms with Crippen LogP contribution in [0.1, 0.15) is 59.3 Å². The highest BCUT2D eigenvalue weighted by molar-refractivity contribution is 6.46. The van der Waals surface area contributed by atoms with Gasteiger partial charge >= 0.3 is 0 Å². The largest absolute Gasteiger partial charge is 0.507 e. The summed E-state index contributed by atoms with van der Waals surface area (Å²) in [5.74, 6) is -0.828. The summed E-state index contributed by atoms with van der Waals surface area (Å²) in [5.41, 5.74) is 4.72. The zero-order valence-corrected chi connectivity index (χ0v) is 20.7. The number of carbonyl (C=O) groups is 2. The van der Waals surface area contributed by atoms with Gasteiger partial charge in [0, 0.05) is 6.20 Å². The lowest BCUT2D eigenvalue weighted by Crippen LogP contribution is -2.29. The van der Waals surface area contributed by atoms with E-state index in [1.807, 2.05) is 56.3 Å². The molecule has 0 saturated carbocycles. The average molecular weight is 471 g/mol. The maximum Gasteiger partial charge on any atom is 0.296 e. The van der Waals surface area contributed by atoms with Crippen molar-refractivity contribution in [3.8, 4) is 5.75 Å². The Hall–Kier alpha value is -3.93. The van der Waals surface area contributed by atoms with Gasteiger partial charge in [-0.05, 0) is 60.2 Å². The van der Waals surface area contributed by atoms with Crippen LogP contribution in [0, 0.1) is 13.8 Å². The van der Waals surface area contributed by atoms with Crippen LogP contribution in [0.25, 0.3) is 5.76 Å². The molecule has 0 spiro atoms. The molecular formula is C29H30N2O4. The number of amides is 1. The molecule has 1 fully saturated rings. The molecular weight excluding hydrogens is 440 g/mol. The standard InChI is InChI=1S/C29H30N2O4/c1-17(2)20-9-11-21(12-10-20)25-24(26(32)23-15-18(3)14-19(4)28(23)35-5)27(33)29(34)31(25)16-22-8-6-7-13-30-22/h6-15,17,25,32H,16H2,1-5H3/b26-24+. The number of aliphatic hydroxyl groups excluding tert-OH is 1. The van der Waals surface area contributed by atoms with Crippen LogP contribution in [0.5, 0.6) is 5.75 Å². The monoisotopic (exact) mass is 470 g/mol. The Labute approximate surface area is 205 Å². The van der Waals surface area contributed by atoms with Crippen molar-refractivity contribution in [2.45, 2.75) is 46.2 Å². The van der Waals surface area contributed by atoms with Crippen molar-refractivity contribution in [2.75, 3.05) is 7.11 Å². The van der Waals surface area contributed by atoms with Crippen molar-refractivity contribution in [1.82, 2.24) is 9.88 Å². The lowest BCUT2D eigenvalue weighted by molar-refractivity contribution is -0.140. The van der Waals surface area contributed by atoms with Crippen molar-refractivity contribution in [3.05, 3.63) is 99.9 Å². The minimum absolute atomic E-state index is 0.0477. The molecule has 1 aliphatic rings. The number of nitrogens with zero attached hydrogens (tertiary/aromatic N) is 2. The Kier molecular flexibility index (Phi) is 6.74. The molecule has 0 radical (unpaired) electrons. The Morgan fingerprint density at radius 1 is 1.09 bits per heavy atom. The number of carbonyl (C=O) groups excluding carboxylic acids is 2. The van der Waals surface area contributed by atoms with E-state index >= 15 is 0 Å². The molecule has 2 aromatic carbocycles. The number of hydrogen-bond donors (Lipinski definition) is 1. The lowest BCUT2D eigenvalue weighted by atomic mass is 9.92. The summed E-state index contributed by atoms with van der Waals surface area (Å²) < 4.78 is 5.57. The number of benzene rings is 2. The van der Waals surface area contributed by atoms with Gasteiger partial charge in [0.2, 0.25) is 0 Å². The van der Waals surface area contributed by atoms with E-state index in [4.69, 9.17) is 4.74 Å². The minimum atomic E-state index is -0.760. The number of rotatable bonds is 6. The second-order valence-corrected chi connectivity index (χ2v) is 9.23. The van der Waals surface area contributed by atoms with Crippen molar-refractivity contribution in [1.29, 1.82) is 0 Å². The first kappa shape index (κ1) is 24.2. The van der Waals surface area contributed by atoms with Gasteiger partial charge in [-0.1, -0.05) is 50.2 Å². The maximum absolute atomic E-state index is 13.4. The van der Waals surface area contributed by atoms with E-state index in [1.54, 1.807) is 18.3 Å². The normalized spacial score (nSPS) is 17.3. The molecule has 1 N–H and O–H groups in total. The molecule has 1 atom stereocenters. The van der Waals surface area contributed by atoms with E-state index in [-0.39, 0.29) is 17.9 Å². The van der Waals surface area contributed by atoms with Gasteiger partial charge in [0.1, 0.15) is 11.5 Å². The fourth-order valence-corrected chi connectivity index (χ4v) is 4.67. The first-order valence-corrected chi connectivity index (χ1v) is 11.7. The SMILES string of the molecule is COc1c(C)cc(C)cc1/C(O)=C1\C(=O)C(=O)N(Cc2ccccn2)C1c1ccc(C(C)C)cc1. The second-order valence-electron chi connectivity index (χ2n) is 9.23. The fraction of sp³-hybridized carbons (Fsp3) is 0.276. The van der Waals surface area contributed by atoms with Gasteiger partial charge in [-0.25, -0.2) is 0 Å². The molecule has 3 aromatic rings. The fourth-order valence-electron chi connectivity index (χ4n) is 4.67. The minimum Gasteiger partial charge on any atom is -0.507 e. The highest BCUT2D eigenvalue weighted by atomic mass is 16.5. The molecule has 0 aliphatic carbocycles. The van der Waals surface area contributed by atoms with Crippen LogP contribution in [-0.2, 0) is 16.1 Å². The van der Waals surface area contributed by atoms with E-state index in [2.05, 4.69) is 18.8 Å². The van der Waals surface area contributed by atoms with Crippen LogP contribution >= 0.6 is 0 Å². The first-order chi connectivity index (χ1) is 16.7. The topological polar surface area (TPSA) is 79.7 Å². The quantitative estimate of drug-likeness (QED) is 0.294. The Morgan fingerprint density at radius 3 is 2.40 bits per heavy atom. The summed E-state index contributed by atoms with van der Waals surface area (Å²) in [5, 5.41) is 11.5. The van der Waals surface area contributed by atoms with Crippen molar-refractivity contribution in [3.63, 3.8) is 0 Å². The highest BCUT2D eigenvalue weighted by Gasteiger charge is 2.46. The van der Waals surface area contributed by atoms with Crippen molar-refractivity contribution >= 4 is 17.4 Å². The number of ether oxygens (including phenoxy) is 1. The Morgan fingerprint density at radius 2 is 1.80 bits per heavy atom. The third-order valence-corrected chi connectivity index (χ3v) is 6.40. The van der Waals surface area contributed by atoms with Gasteiger partial charge in [-0.15, -0.1) is 0 Å². The number of ketones is 1. The number of methoxy groups -OCH3 is 1. The molecule has 0 bridgehead atoms. The van der Waals surface area contributed by atoms with Crippen LogP contribution in [-0.4, -0.2) is 33.8 Å². The van der Waals surface area contributed by atoms with Crippen molar-refractivity contribution in [2.24, 2.45) is 0 Å². The summed E-state index contributed by atoms with van der Waals surface area (Å²) in [6.07, 6.45) is 1.65.